The number of halogens is 1. The number of benzene rings is 1. The minimum absolute atomic E-state index is 0.0595. The van der Waals surface area contributed by atoms with Crippen LogP contribution in [-0.2, 0) is 0 Å². The summed E-state index contributed by atoms with van der Waals surface area (Å²) in [7, 11) is 0. The van der Waals surface area contributed by atoms with Crippen molar-refractivity contribution in [1.82, 2.24) is 20.0 Å². The third-order valence-corrected chi connectivity index (χ3v) is 3.85. The normalized spacial score (nSPS) is 18.0. The highest BCUT2D eigenvalue weighted by Gasteiger charge is 2.25. The first-order valence-corrected chi connectivity index (χ1v) is 7.44. The highest BCUT2D eigenvalue weighted by molar-refractivity contribution is 5.92. The fraction of sp³-hybridized carbons (Fsp3) is 0.312. The molecular formula is C16H17FN4O2. The Morgan fingerprint density at radius 3 is 2.70 bits per heavy atom. The van der Waals surface area contributed by atoms with E-state index in [4.69, 9.17) is 0 Å². The first-order valence-electron chi connectivity index (χ1n) is 7.44. The van der Waals surface area contributed by atoms with Crippen molar-refractivity contribution in [3.8, 4) is 5.69 Å². The van der Waals surface area contributed by atoms with Gasteiger partial charge in [-0.1, -0.05) is 0 Å². The molecule has 0 bridgehead atoms. The van der Waals surface area contributed by atoms with Crippen molar-refractivity contribution in [3.05, 3.63) is 58.3 Å². The number of aromatic nitrogens is 2. The number of hydrogen-bond donors (Lipinski definition) is 1. The van der Waals surface area contributed by atoms with Gasteiger partial charge in [0.1, 0.15) is 11.5 Å². The summed E-state index contributed by atoms with van der Waals surface area (Å²) in [5.74, 6) is -0.612. The molecule has 3 rings (SSSR count). The molecule has 1 N–H and O–H groups in total. The lowest BCUT2D eigenvalue weighted by atomic mass is 10.2. The summed E-state index contributed by atoms with van der Waals surface area (Å²) in [6.07, 6.45) is 0. The Kier molecular flexibility index (Phi) is 4.20. The Hall–Kier alpha value is -2.54. The summed E-state index contributed by atoms with van der Waals surface area (Å²) in [6.45, 7) is 4.01. The van der Waals surface area contributed by atoms with Crippen molar-refractivity contribution in [3.63, 3.8) is 0 Å². The lowest BCUT2D eigenvalue weighted by Gasteiger charge is -2.33. The van der Waals surface area contributed by atoms with Gasteiger partial charge < -0.3 is 10.2 Å². The van der Waals surface area contributed by atoms with Gasteiger partial charge in [0.15, 0.2) is 0 Å². The summed E-state index contributed by atoms with van der Waals surface area (Å²) in [6, 6.07) is 8.18. The maximum absolute atomic E-state index is 13.0. The lowest BCUT2D eigenvalue weighted by Crippen LogP contribution is -2.52. The van der Waals surface area contributed by atoms with Crippen LogP contribution in [0, 0.1) is 5.82 Å². The molecule has 0 aliphatic carbocycles. The molecule has 2 heterocycles. The first-order chi connectivity index (χ1) is 11.1. The van der Waals surface area contributed by atoms with Crippen molar-refractivity contribution in [2.75, 3.05) is 19.6 Å². The second kappa shape index (κ2) is 6.29. The minimum Gasteiger partial charge on any atom is -0.332 e. The van der Waals surface area contributed by atoms with E-state index in [-0.39, 0.29) is 23.2 Å². The zero-order valence-electron chi connectivity index (χ0n) is 12.7. The van der Waals surface area contributed by atoms with Crippen LogP contribution in [0.2, 0.25) is 0 Å². The molecule has 1 amide bonds. The number of nitrogens with one attached hydrogen (secondary N) is 1. The third kappa shape index (κ3) is 3.14. The van der Waals surface area contributed by atoms with Crippen LogP contribution in [0.5, 0.6) is 0 Å². The van der Waals surface area contributed by atoms with Gasteiger partial charge in [-0.15, -0.1) is 0 Å². The van der Waals surface area contributed by atoms with Gasteiger partial charge in [0.05, 0.1) is 5.69 Å². The standard InChI is InChI=1S/C16H17FN4O2/c1-11-10-18-8-9-20(11)16(23)14-6-7-15(22)21(19-14)13-4-2-12(17)3-5-13/h2-7,11,18H,8-10H2,1H3/t11-/m1/s1. The molecule has 0 unspecified atom stereocenters. The molecule has 1 aliphatic heterocycles. The van der Waals surface area contributed by atoms with Crippen LogP contribution >= 0.6 is 0 Å². The van der Waals surface area contributed by atoms with E-state index >= 15 is 0 Å². The summed E-state index contributed by atoms with van der Waals surface area (Å²) < 4.78 is 14.1. The van der Waals surface area contributed by atoms with Gasteiger partial charge in [0, 0.05) is 31.7 Å². The molecule has 0 spiro atoms. The largest absolute Gasteiger partial charge is 0.332 e. The maximum atomic E-state index is 13.0. The molecule has 1 fully saturated rings. The van der Waals surface area contributed by atoms with Gasteiger partial charge in [0.2, 0.25) is 0 Å². The van der Waals surface area contributed by atoms with Gasteiger partial charge >= 0.3 is 0 Å². The van der Waals surface area contributed by atoms with Crippen LogP contribution < -0.4 is 10.9 Å². The Morgan fingerprint density at radius 2 is 2.00 bits per heavy atom. The first kappa shape index (κ1) is 15.4. The van der Waals surface area contributed by atoms with Gasteiger partial charge in [-0.05, 0) is 37.3 Å². The smallest absolute Gasteiger partial charge is 0.274 e. The zero-order chi connectivity index (χ0) is 16.4. The fourth-order valence-corrected chi connectivity index (χ4v) is 2.58. The second-order valence-electron chi connectivity index (χ2n) is 5.50. The molecular weight excluding hydrogens is 299 g/mol. The van der Waals surface area contributed by atoms with Crippen LogP contribution in [0.15, 0.2) is 41.2 Å². The topological polar surface area (TPSA) is 67.2 Å². The van der Waals surface area contributed by atoms with Gasteiger partial charge in [0.25, 0.3) is 11.5 Å². The van der Waals surface area contributed by atoms with Crippen LogP contribution in [0.25, 0.3) is 5.69 Å². The number of piperazine rings is 1. The van der Waals surface area contributed by atoms with Crippen LogP contribution in [0.1, 0.15) is 17.4 Å². The van der Waals surface area contributed by atoms with Gasteiger partial charge in [-0.25, -0.2) is 4.39 Å². The number of amides is 1. The van der Waals surface area contributed by atoms with E-state index < -0.39 is 5.82 Å². The van der Waals surface area contributed by atoms with E-state index in [1.807, 2.05) is 6.92 Å². The summed E-state index contributed by atoms with van der Waals surface area (Å²) >= 11 is 0. The number of nitrogens with zero attached hydrogens (tertiary/aromatic N) is 3. The van der Waals surface area contributed by atoms with Gasteiger partial charge in [-0.2, -0.15) is 9.78 Å². The number of carbonyl (C=O) groups excluding carboxylic acids is 1. The maximum Gasteiger partial charge on any atom is 0.274 e. The van der Waals surface area contributed by atoms with E-state index in [9.17, 15) is 14.0 Å². The Labute approximate surface area is 132 Å². The fourth-order valence-electron chi connectivity index (χ4n) is 2.58. The highest BCUT2D eigenvalue weighted by Crippen LogP contribution is 2.10. The molecule has 1 aromatic carbocycles. The predicted molar refractivity (Wildman–Crippen MR) is 83.2 cm³/mol. The van der Waals surface area contributed by atoms with Gasteiger partial charge in [-0.3, -0.25) is 9.59 Å². The summed E-state index contributed by atoms with van der Waals surface area (Å²) in [4.78, 5) is 26.3. The minimum atomic E-state index is -0.399. The Balaban J connectivity index is 1.95. The van der Waals surface area contributed by atoms with Crippen molar-refractivity contribution in [1.29, 1.82) is 0 Å². The molecule has 7 heteroatoms. The predicted octanol–water partition coefficient (Wildman–Crippen LogP) is 0.805. The number of hydrogen-bond acceptors (Lipinski definition) is 4. The quantitative estimate of drug-likeness (QED) is 0.890. The lowest BCUT2D eigenvalue weighted by molar-refractivity contribution is 0.0647. The van der Waals surface area contributed by atoms with E-state index in [2.05, 4.69) is 10.4 Å². The van der Waals surface area contributed by atoms with E-state index in [1.54, 1.807) is 4.90 Å². The summed E-state index contributed by atoms with van der Waals surface area (Å²) in [5, 5.41) is 7.37. The molecule has 1 aromatic heterocycles. The molecule has 1 atom stereocenters. The van der Waals surface area contributed by atoms with Crippen molar-refractivity contribution in [2.24, 2.45) is 0 Å². The van der Waals surface area contributed by atoms with Crippen LogP contribution in [0.4, 0.5) is 4.39 Å². The Morgan fingerprint density at radius 1 is 1.26 bits per heavy atom. The van der Waals surface area contributed by atoms with Crippen molar-refractivity contribution < 1.29 is 9.18 Å². The SMILES string of the molecule is C[C@@H]1CNCCN1C(=O)c1ccc(=O)n(-c2ccc(F)cc2)n1. The summed E-state index contributed by atoms with van der Waals surface area (Å²) in [5.41, 5.74) is 0.239. The highest BCUT2D eigenvalue weighted by atomic mass is 19.1. The monoisotopic (exact) mass is 316 g/mol. The molecule has 0 radical (unpaired) electrons. The molecule has 23 heavy (non-hydrogen) atoms. The van der Waals surface area contributed by atoms with E-state index in [0.29, 0.717) is 12.2 Å². The van der Waals surface area contributed by atoms with Crippen molar-refractivity contribution >= 4 is 5.91 Å². The molecule has 1 saturated heterocycles. The molecule has 120 valence electrons. The average Bonchev–Trinajstić information content (AvgIpc) is 2.56. The second-order valence-corrected chi connectivity index (χ2v) is 5.50. The molecule has 0 saturated carbocycles. The molecule has 2 aromatic rings. The van der Waals surface area contributed by atoms with E-state index in [1.165, 1.54) is 36.4 Å². The van der Waals surface area contributed by atoms with Crippen molar-refractivity contribution in [2.45, 2.75) is 13.0 Å². The number of carbonyl (C=O) groups is 1. The molecule has 6 nitrogen and oxygen atoms in total. The average molecular weight is 316 g/mol. The zero-order valence-corrected chi connectivity index (χ0v) is 12.7. The third-order valence-electron chi connectivity index (χ3n) is 3.85. The van der Waals surface area contributed by atoms with Crippen LogP contribution in [0.3, 0.4) is 0 Å². The molecule has 1 aliphatic rings. The Bertz CT molecular complexity index is 772. The number of rotatable bonds is 2. The van der Waals surface area contributed by atoms with E-state index in [0.717, 1.165) is 17.8 Å². The van der Waals surface area contributed by atoms with Crippen LogP contribution in [-0.4, -0.2) is 46.3 Å².